The Balaban J connectivity index is 1.58. The number of hydrogen-bond donors (Lipinski definition) is 1. The Kier molecular flexibility index (Phi) is 8.47. The SMILES string of the molecule is Cc1ccc(CNC(=S)N(CCCN2CCOCC2)Cc2ccccc2C)cc1. The van der Waals surface area contributed by atoms with E-state index in [1.54, 1.807) is 0 Å². The summed E-state index contributed by atoms with van der Waals surface area (Å²) in [7, 11) is 0. The van der Waals surface area contributed by atoms with Crippen LogP contribution in [0.5, 0.6) is 0 Å². The highest BCUT2D eigenvalue weighted by Gasteiger charge is 2.14. The molecule has 1 N–H and O–H groups in total. The molecule has 0 spiro atoms. The summed E-state index contributed by atoms with van der Waals surface area (Å²) in [6.45, 7) is 11.7. The number of nitrogens with one attached hydrogen (secondary N) is 1. The number of hydrogen-bond acceptors (Lipinski definition) is 3. The van der Waals surface area contributed by atoms with Crippen molar-refractivity contribution in [2.24, 2.45) is 0 Å². The van der Waals surface area contributed by atoms with Crippen molar-refractivity contribution in [1.29, 1.82) is 0 Å². The van der Waals surface area contributed by atoms with Crippen LogP contribution in [-0.4, -0.2) is 54.3 Å². The molecule has 0 saturated carbocycles. The molecular weight excluding hydrogens is 378 g/mol. The minimum Gasteiger partial charge on any atom is -0.379 e. The molecule has 1 aliphatic heterocycles. The van der Waals surface area contributed by atoms with Gasteiger partial charge in [0, 0.05) is 39.3 Å². The van der Waals surface area contributed by atoms with Crippen molar-refractivity contribution < 1.29 is 4.74 Å². The van der Waals surface area contributed by atoms with Crippen LogP contribution in [0.15, 0.2) is 48.5 Å². The van der Waals surface area contributed by atoms with Gasteiger partial charge in [-0.1, -0.05) is 54.1 Å². The van der Waals surface area contributed by atoms with E-state index in [0.29, 0.717) is 0 Å². The van der Waals surface area contributed by atoms with E-state index in [4.69, 9.17) is 17.0 Å². The third-order valence-electron chi connectivity index (χ3n) is 5.48. The van der Waals surface area contributed by atoms with Crippen LogP contribution in [-0.2, 0) is 17.8 Å². The molecule has 5 heteroatoms. The Morgan fingerprint density at radius 3 is 2.52 bits per heavy atom. The fourth-order valence-electron chi connectivity index (χ4n) is 3.55. The van der Waals surface area contributed by atoms with Crippen molar-refractivity contribution in [2.75, 3.05) is 39.4 Å². The Morgan fingerprint density at radius 2 is 1.79 bits per heavy atom. The molecule has 0 amide bonds. The maximum atomic E-state index is 5.79. The highest BCUT2D eigenvalue weighted by Crippen LogP contribution is 2.12. The number of aryl methyl sites for hydroxylation is 2. The van der Waals surface area contributed by atoms with Crippen LogP contribution >= 0.6 is 12.2 Å². The lowest BCUT2D eigenvalue weighted by Gasteiger charge is -2.30. The maximum absolute atomic E-state index is 5.79. The van der Waals surface area contributed by atoms with Gasteiger partial charge >= 0.3 is 0 Å². The van der Waals surface area contributed by atoms with Crippen molar-refractivity contribution in [3.05, 3.63) is 70.8 Å². The number of rotatable bonds is 8. The van der Waals surface area contributed by atoms with E-state index in [-0.39, 0.29) is 0 Å². The molecule has 0 aliphatic carbocycles. The zero-order valence-electron chi connectivity index (χ0n) is 17.7. The molecule has 0 unspecified atom stereocenters. The van der Waals surface area contributed by atoms with Crippen molar-refractivity contribution >= 4 is 17.3 Å². The first-order valence-corrected chi connectivity index (χ1v) is 11.0. The van der Waals surface area contributed by atoms with E-state index in [1.165, 1.54) is 22.3 Å². The number of thiocarbonyl (C=S) groups is 1. The van der Waals surface area contributed by atoms with E-state index < -0.39 is 0 Å². The molecule has 29 heavy (non-hydrogen) atoms. The second-order valence-electron chi connectivity index (χ2n) is 7.80. The summed E-state index contributed by atoms with van der Waals surface area (Å²) >= 11 is 5.79. The minimum absolute atomic E-state index is 0.757. The molecular formula is C24H33N3OS. The molecule has 0 atom stereocenters. The normalized spacial score (nSPS) is 14.6. The third-order valence-corrected chi connectivity index (χ3v) is 5.88. The predicted octanol–water partition coefficient (Wildman–Crippen LogP) is 3.90. The van der Waals surface area contributed by atoms with Gasteiger partial charge in [-0.05, 0) is 49.2 Å². The summed E-state index contributed by atoms with van der Waals surface area (Å²) in [4.78, 5) is 4.80. The monoisotopic (exact) mass is 411 g/mol. The zero-order chi connectivity index (χ0) is 20.5. The van der Waals surface area contributed by atoms with Crippen LogP contribution in [0.3, 0.4) is 0 Å². The summed E-state index contributed by atoms with van der Waals surface area (Å²) in [5.41, 5.74) is 5.17. The number of morpholine rings is 1. The van der Waals surface area contributed by atoms with Gasteiger partial charge in [-0.2, -0.15) is 0 Å². The van der Waals surface area contributed by atoms with E-state index in [0.717, 1.165) is 64.0 Å². The van der Waals surface area contributed by atoms with Gasteiger partial charge in [0.2, 0.25) is 0 Å². The number of nitrogens with zero attached hydrogens (tertiary/aromatic N) is 2. The van der Waals surface area contributed by atoms with Gasteiger partial charge < -0.3 is 15.0 Å². The topological polar surface area (TPSA) is 27.7 Å². The van der Waals surface area contributed by atoms with Gasteiger partial charge in [-0.15, -0.1) is 0 Å². The first kappa shape index (κ1) is 21.8. The lowest BCUT2D eigenvalue weighted by molar-refractivity contribution is 0.0367. The summed E-state index contributed by atoms with van der Waals surface area (Å²) in [6, 6.07) is 17.2. The van der Waals surface area contributed by atoms with Crippen molar-refractivity contribution in [3.8, 4) is 0 Å². The van der Waals surface area contributed by atoms with Crippen LogP contribution < -0.4 is 5.32 Å². The summed E-state index contributed by atoms with van der Waals surface area (Å²) in [6.07, 6.45) is 1.10. The molecule has 0 bridgehead atoms. The molecule has 0 radical (unpaired) electrons. The smallest absolute Gasteiger partial charge is 0.169 e. The molecule has 4 nitrogen and oxygen atoms in total. The molecule has 2 aromatic carbocycles. The molecule has 0 aromatic heterocycles. The first-order chi connectivity index (χ1) is 14.1. The van der Waals surface area contributed by atoms with Gasteiger partial charge in [0.1, 0.15) is 0 Å². The van der Waals surface area contributed by atoms with E-state index in [9.17, 15) is 0 Å². The lowest BCUT2D eigenvalue weighted by atomic mass is 10.1. The van der Waals surface area contributed by atoms with Crippen LogP contribution in [0.2, 0.25) is 0 Å². The Labute approximate surface area is 180 Å². The zero-order valence-corrected chi connectivity index (χ0v) is 18.5. The molecule has 1 fully saturated rings. The van der Waals surface area contributed by atoms with E-state index in [1.807, 2.05) is 0 Å². The molecule has 1 aliphatic rings. The van der Waals surface area contributed by atoms with Gasteiger partial charge in [0.15, 0.2) is 5.11 Å². The van der Waals surface area contributed by atoms with Crippen molar-refractivity contribution in [3.63, 3.8) is 0 Å². The van der Waals surface area contributed by atoms with Crippen LogP contribution in [0, 0.1) is 13.8 Å². The summed E-state index contributed by atoms with van der Waals surface area (Å²) < 4.78 is 5.46. The maximum Gasteiger partial charge on any atom is 0.169 e. The van der Waals surface area contributed by atoms with Crippen LogP contribution in [0.1, 0.15) is 28.7 Å². The quantitative estimate of drug-likeness (QED) is 0.665. The van der Waals surface area contributed by atoms with E-state index in [2.05, 4.69) is 77.5 Å². The Morgan fingerprint density at radius 1 is 1.07 bits per heavy atom. The fourth-order valence-corrected chi connectivity index (χ4v) is 3.78. The van der Waals surface area contributed by atoms with Gasteiger partial charge in [-0.3, -0.25) is 4.90 Å². The summed E-state index contributed by atoms with van der Waals surface area (Å²) in [5, 5.41) is 4.30. The fraction of sp³-hybridized carbons (Fsp3) is 0.458. The lowest BCUT2D eigenvalue weighted by Crippen LogP contribution is -2.42. The molecule has 2 aromatic rings. The number of ether oxygens (including phenoxy) is 1. The van der Waals surface area contributed by atoms with Crippen molar-refractivity contribution in [2.45, 2.75) is 33.4 Å². The van der Waals surface area contributed by atoms with Crippen LogP contribution in [0.25, 0.3) is 0 Å². The minimum atomic E-state index is 0.757. The summed E-state index contributed by atoms with van der Waals surface area (Å²) in [5.74, 6) is 0. The van der Waals surface area contributed by atoms with Gasteiger partial charge in [-0.25, -0.2) is 0 Å². The Bertz CT molecular complexity index is 772. The second-order valence-corrected chi connectivity index (χ2v) is 8.19. The van der Waals surface area contributed by atoms with E-state index >= 15 is 0 Å². The van der Waals surface area contributed by atoms with Gasteiger partial charge in [0.25, 0.3) is 0 Å². The predicted molar refractivity (Wildman–Crippen MR) is 124 cm³/mol. The second kappa shape index (κ2) is 11.3. The molecule has 3 rings (SSSR count). The first-order valence-electron chi connectivity index (χ1n) is 10.5. The highest BCUT2D eigenvalue weighted by molar-refractivity contribution is 7.80. The highest BCUT2D eigenvalue weighted by atomic mass is 32.1. The average Bonchev–Trinajstić information content (AvgIpc) is 2.74. The largest absolute Gasteiger partial charge is 0.379 e. The average molecular weight is 412 g/mol. The number of benzene rings is 2. The Hall–Kier alpha value is -1.95. The molecule has 156 valence electrons. The third kappa shape index (κ3) is 7.11. The molecule has 1 heterocycles. The molecule has 1 saturated heterocycles. The van der Waals surface area contributed by atoms with Crippen molar-refractivity contribution in [1.82, 2.24) is 15.1 Å². The standard InChI is InChI=1S/C24H33N3OS/c1-20-8-10-22(11-9-20)18-25-24(29)27(19-23-7-4-3-6-21(23)2)13-5-12-26-14-16-28-17-15-26/h3-4,6-11H,5,12-19H2,1-2H3,(H,25,29). The van der Waals surface area contributed by atoms with Gasteiger partial charge in [0.05, 0.1) is 13.2 Å². The van der Waals surface area contributed by atoms with Crippen LogP contribution in [0.4, 0.5) is 0 Å².